The smallest absolute Gasteiger partial charge is 0.410 e. The van der Waals surface area contributed by atoms with Gasteiger partial charge < -0.3 is 15.3 Å². The third-order valence-corrected chi connectivity index (χ3v) is 3.54. The van der Waals surface area contributed by atoms with Crippen LogP contribution in [0.2, 0.25) is 0 Å². The number of carbonyl (C=O) groups is 2. The van der Waals surface area contributed by atoms with E-state index in [0.29, 0.717) is 13.0 Å². The minimum absolute atomic E-state index is 0.0140. The molecular weight excluding hydrogens is 314 g/mol. The summed E-state index contributed by atoms with van der Waals surface area (Å²) in [7, 11) is 0. The van der Waals surface area contributed by atoms with Crippen LogP contribution in [-0.2, 0) is 4.74 Å². The lowest BCUT2D eigenvalue weighted by atomic mass is 10.0. The molecule has 24 heavy (non-hydrogen) atoms. The van der Waals surface area contributed by atoms with E-state index in [1.165, 1.54) is 17.2 Å². The molecule has 2 rings (SSSR count). The van der Waals surface area contributed by atoms with Crippen molar-refractivity contribution in [2.75, 3.05) is 6.54 Å². The molecule has 1 aliphatic heterocycles. The number of oxime groups is 1. The first-order valence-corrected chi connectivity index (χ1v) is 7.84. The summed E-state index contributed by atoms with van der Waals surface area (Å²) in [6.07, 6.45) is 3.19. The molecule has 1 unspecified atom stereocenters. The van der Waals surface area contributed by atoms with Crippen molar-refractivity contribution in [1.29, 1.82) is 0 Å². The maximum absolute atomic E-state index is 12.4. The van der Waals surface area contributed by atoms with E-state index in [1.54, 1.807) is 20.8 Å². The standard InChI is InChI=1S/C15H23N5O4/c1-15(2,3)24-14(22)20-9-5-4-6-11(20)12(19-23)17-13(21)10-7-8-16-18-10/h7-8,11,23H,4-6,9H2,1-3H3,(H,16,18)(H,17,19,21). The van der Waals surface area contributed by atoms with Crippen LogP contribution in [0.4, 0.5) is 4.79 Å². The Hall–Kier alpha value is -2.58. The van der Waals surface area contributed by atoms with Gasteiger partial charge in [-0.15, -0.1) is 0 Å². The molecule has 1 saturated heterocycles. The van der Waals surface area contributed by atoms with Crippen molar-refractivity contribution in [3.8, 4) is 0 Å². The summed E-state index contributed by atoms with van der Waals surface area (Å²) < 4.78 is 5.40. The van der Waals surface area contributed by atoms with Crippen LogP contribution >= 0.6 is 0 Å². The van der Waals surface area contributed by atoms with Crippen molar-refractivity contribution in [2.45, 2.75) is 51.7 Å². The molecule has 2 heterocycles. The van der Waals surface area contributed by atoms with Gasteiger partial charge in [0.15, 0.2) is 5.84 Å². The fourth-order valence-electron chi connectivity index (χ4n) is 2.50. The number of nitrogens with one attached hydrogen (secondary N) is 2. The largest absolute Gasteiger partial charge is 0.444 e. The van der Waals surface area contributed by atoms with Crippen LogP contribution in [-0.4, -0.2) is 56.3 Å². The molecule has 3 N–H and O–H groups in total. The fourth-order valence-corrected chi connectivity index (χ4v) is 2.50. The van der Waals surface area contributed by atoms with Crippen LogP contribution in [0.5, 0.6) is 0 Å². The molecular formula is C15H23N5O4. The summed E-state index contributed by atoms with van der Waals surface area (Å²) in [5.74, 6) is -0.477. The van der Waals surface area contributed by atoms with E-state index in [2.05, 4.69) is 20.7 Å². The van der Waals surface area contributed by atoms with E-state index in [1.807, 2.05) is 0 Å². The number of hydrogen-bond acceptors (Lipinski definition) is 6. The SMILES string of the molecule is CC(C)(C)OC(=O)N1CCCCC1C(=NO)NC(=O)c1ccn[nH]1. The van der Waals surface area contributed by atoms with E-state index < -0.39 is 23.6 Å². The van der Waals surface area contributed by atoms with Crippen LogP contribution in [0.1, 0.15) is 50.5 Å². The van der Waals surface area contributed by atoms with Gasteiger partial charge in [0.2, 0.25) is 0 Å². The van der Waals surface area contributed by atoms with Crippen LogP contribution in [0.25, 0.3) is 0 Å². The summed E-state index contributed by atoms with van der Waals surface area (Å²) in [5.41, 5.74) is -0.398. The van der Waals surface area contributed by atoms with E-state index >= 15 is 0 Å². The number of nitrogens with zero attached hydrogens (tertiary/aromatic N) is 3. The van der Waals surface area contributed by atoms with Crippen molar-refractivity contribution in [3.05, 3.63) is 18.0 Å². The highest BCUT2D eigenvalue weighted by Crippen LogP contribution is 2.21. The topological polar surface area (TPSA) is 120 Å². The normalized spacial score (nSPS) is 19.0. The number of likely N-dealkylation sites (tertiary alicyclic amines) is 1. The monoisotopic (exact) mass is 337 g/mol. The lowest BCUT2D eigenvalue weighted by molar-refractivity contribution is 0.0161. The Morgan fingerprint density at radius 1 is 1.46 bits per heavy atom. The minimum Gasteiger partial charge on any atom is -0.444 e. The molecule has 1 aliphatic rings. The Morgan fingerprint density at radius 3 is 2.79 bits per heavy atom. The minimum atomic E-state index is -0.630. The van der Waals surface area contributed by atoms with Crippen LogP contribution in [0.3, 0.4) is 0 Å². The zero-order valence-electron chi connectivity index (χ0n) is 14.1. The number of hydrogen-bond donors (Lipinski definition) is 3. The third kappa shape index (κ3) is 4.46. The van der Waals surface area contributed by atoms with Gasteiger partial charge >= 0.3 is 6.09 Å². The van der Waals surface area contributed by atoms with E-state index in [0.717, 1.165) is 12.8 Å². The predicted octanol–water partition coefficient (Wildman–Crippen LogP) is 1.72. The third-order valence-electron chi connectivity index (χ3n) is 3.54. The molecule has 9 heteroatoms. The summed E-state index contributed by atoms with van der Waals surface area (Å²) in [6, 6.07) is 0.946. The van der Waals surface area contributed by atoms with Gasteiger partial charge in [-0.2, -0.15) is 5.10 Å². The zero-order chi connectivity index (χ0) is 17.7. The van der Waals surface area contributed by atoms with Gasteiger partial charge in [0.1, 0.15) is 11.3 Å². The van der Waals surface area contributed by atoms with Crippen LogP contribution in [0, 0.1) is 0 Å². The second kappa shape index (κ2) is 7.33. The van der Waals surface area contributed by atoms with Crippen molar-refractivity contribution in [3.63, 3.8) is 0 Å². The lowest BCUT2D eigenvalue weighted by Gasteiger charge is -2.36. The molecule has 0 radical (unpaired) electrons. The summed E-state index contributed by atoms with van der Waals surface area (Å²) in [5, 5.41) is 21.3. The molecule has 2 amide bonds. The molecule has 132 valence electrons. The number of piperidine rings is 1. The molecule has 1 aromatic heterocycles. The van der Waals surface area contributed by atoms with Gasteiger partial charge in [-0.1, -0.05) is 5.16 Å². The average molecular weight is 337 g/mol. The summed E-state index contributed by atoms with van der Waals surface area (Å²) in [6.45, 7) is 5.82. The number of ether oxygens (including phenoxy) is 1. The molecule has 9 nitrogen and oxygen atoms in total. The molecule has 0 aromatic carbocycles. The Kier molecular flexibility index (Phi) is 5.42. The maximum Gasteiger partial charge on any atom is 0.410 e. The van der Waals surface area contributed by atoms with Gasteiger partial charge in [0.25, 0.3) is 5.91 Å². The fraction of sp³-hybridized carbons (Fsp3) is 0.600. The number of H-pyrrole nitrogens is 1. The Bertz CT molecular complexity index is 606. The lowest BCUT2D eigenvalue weighted by Crippen LogP contribution is -2.54. The molecule has 0 spiro atoms. The van der Waals surface area contributed by atoms with Crippen LogP contribution in [0.15, 0.2) is 17.4 Å². The predicted molar refractivity (Wildman–Crippen MR) is 85.9 cm³/mol. The second-order valence-corrected chi connectivity index (χ2v) is 6.59. The van der Waals surface area contributed by atoms with Gasteiger partial charge in [0.05, 0.1) is 6.04 Å². The Labute approximate surface area is 140 Å². The summed E-state index contributed by atoms with van der Waals surface area (Å²) in [4.78, 5) is 26.0. The van der Waals surface area contributed by atoms with Crippen molar-refractivity contribution in [1.82, 2.24) is 20.4 Å². The zero-order valence-corrected chi connectivity index (χ0v) is 14.1. The first kappa shape index (κ1) is 17.8. The molecule has 0 bridgehead atoms. The number of carbonyl (C=O) groups excluding carboxylic acids is 2. The highest BCUT2D eigenvalue weighted by atomic mass is 16.6. The quantitative estimate of drug-likeness (QED) is 0.328. The average Bonchev–Trinajstić information content (AvgIpc) is 3.05. The van der Waals surface area contributed by atoms with E-state index in [4.69, 9.17) is 4.74 Å². The number of amides is 2. The van der Waals surface area contributed by atoms with Gasteiger partial charge in [-0.3, -0.25) is 14.8 Å². The molecule has 1 fully saturated rings. The number of aromatic amines is 1. The van der Waals surface area contributed by atoms with E-state index in [9.17, 15) is 14.8 Å². The Morgan fingerprint density at radius 2 is 2.21 bits per heavy atom. The number of rotatable bonds is 2. The molecule has 0 aliphatic carbocycles. The van der Waals surface area contributed by atoms with Crippen molar-refractivity contribution >= 4 is 17.8 Å². The first-order valence-electron chi connectivity index (χ1n) is 7.84. The molecule has 1 aromatic rings. The maximum atomic E-state index is 12.4. The van der Waals surface area contributed by atoms with Crippen molar-refractivity contribution < 1.29 is 19.5 Å². The van der Waals surface area contributed by atoms with Gasteiger partial charge in [-0.05, 0) is 46.1 Å². The summed E-state index contributed by atoms with van der Waals surface area (Å²) >= 11 is 0. The highest BCUT2D eigenvalue weighted by Gasteiger charge is 2.34. The number of amidine groups is 1. The van der Waals surface area contributed by atoms with Crippen molar-refractivity contribution in [2.24, 2.45) is 5.16 Å². The Balaban J connectivity index is 2.12. The van der Waals surface area contributed by atoms with Gasteiger partial charge in [-0.25, -0.2) is 4.79 Å². The van der Waals surface area contributed by atoms with Gasteiger partial charge in [0, 0.05) is 12.7 Å². The molecule has 0 saturated carbocycles. The number of aromatic nitrogens is 2. The first-order chi connectivity index (χ1) is 11.3. The second-order valence-electron chi connectivity index (χ2n) is 6.59. The molecule has 1 atom stereocenters. The van der Waals surface area contributed by atoms with E-state index in [-0.39, 0.29) is 11.5 Å². The highest BCUT2D eigenvalue weighted by molar-refractivity contribution is 6.07. The van der Waals surface area contributed by atoms with Crippen LogP contribution < -0.4 is 5.32 Å².